The molecule has 170 valence electrons. The van der Waals surface area contributed by atoms with Crippen molar-refractivity contribution in [3.63, 3.8) is 0 Å². The van der Waals surface area contributed by atoms with Gasteiger partial charge in [0.1, 0.15) is 17.9 Å². The van der Waals surface area contributed by atoms with Crippen LogP contribution in [0.3, 0.4) is 0 Å². The van der Waals surface area contributed by atoms with Crippen molar-refractivity contribution < 1.29 is 9.53 Å². The average Bonchev–Trinajstić information content (AvgIpc) is 3.41. The Hall–Kier alpha value is -4.24. The zero-order valence-electron chi connectivity index (χ0n) is 18.3. The van der Waals surface area contributed by atoms with Crippen molar-refractivity contribution in [2.45, 2.75) is 20.5 Å². The maximum absolute atomic E-state index is 13.2. The number of rotatable bonds is 5. The molecule has 5 aromatic rings. The summed E-state index contributed by atoms with van der Waals surface area (Å²) >= 11 is 6.35. The van der Waals surface area contributed by atoms with Crippen LogP contribution in [0.2, 0.25) is 5.02 Å². The number of hydrogen-bond donors (Lipinski definition) is 1. The van der Waals surface area contributed by atoms with Crippen molar-refractivity contribution in [2.24, 2.45) is 0 Å². The summed E-state index contributed by atoms with van der Waals surface area (Å²) in [4.78, 5) is 34.6. The van der Waals surface area contributed by atoms with Crippen molar-refractivity contribution in [3.05, 3.63) is 98.7 Å². The van der Waals surface area contributed by atoms with E-state index in [1.54, 1.807) is 38.1 Å². The number of hydrogen-bond acceptors (Lipinski definition) is 6. The van der Waals surface area contributed by atoms with E-state index in [1.165, 1.54) is 15.3 Å². The number of benzene rings is 2. The number of fused-ring (bicyclic) bond motifs is 1. The lowest BCUT2D eigenvalue weighted by atomic mass is 10.2. The zero-order chi connectivity index (χ0) is 23.8. The molecule has 0 aliphatic rings. The lowest BCUT2D eigenvalue weighted by molar-refractivity contribution is 0.0938. The molecule has 0 aliphatic carbocycles. The largest absolute Gasteiger partial charge is 0.486 e. The van der Waals surface area contributed by atoms with Crippen LogP contribution in [0.4, 0.5) is 0 Å². The first-order valence-corrected chi connectivity index (χ1v) is 10.8. The highest BCUT2D eigenvalue weighted by Gasteiger charge is 2.21. The fourth-order valence-electron chi connectivity index (χ4n) is 3.65. The molecule has 34 heavy (non-hydrogen) atoms. The van der Waals surface area contributed by atoms with Gasteiger partial charge in [-0.1, -0.05) is 48.0 Å². The van der Waals surface area contributed by atoms with Crippen molar-refractivity contribution >= 4 is 23.3 Å². The fourth-order valence-corrected chi connectivity index (χ4v) is 3.90. The average molecular weight is 475 g/mol. The number of H-pyrrole nitrogens is 1. The van der Waals surface area contributed by atoms with Crippen LogP contribution in [0.15, 0.2) is 65.5 Å². The van der Waals surface area contributed by atoms with Gasteiger partial charge < -0.3 is 4.74 Å². The first kappa shape index (κ1) is 21.6. The van der Waals surface area contributed by atoms with E-state index >= 15 is 0 Å². The fraction of sp³-hybridized carbons (Fsp3) is 0.125. The topological polar surface area (TPSA) is 107 Å². The second-order valence-electron chi connectivity index (χ2n) is 7.71. The van der Waals surface area contributed by atoms with Gasteiger partial charge in [-0.15, -0.1) is 0 Å². The van der Waals surface area contributed by atoms with Crippen LogP contribution in [-0.4, -0.2) is 35.3 Å². The second kappa shape index (κ2) is 8.60. The summed E-state index contributed by atoms with van der Waals surface area (Å²) in [6, 6.07) is 17.5. The van der Waals surface area contributed by atoms with Gasteiger partial charge in [0, 0.05) is 17.3 Å². The molecule has 0 radical (unpaired) electrons. The molecule has 0 fully saturated rings. The molecule has 2 aromatic carbocycles. The maximum atomic E-state index is 13.2. The molecule has 0 spiro atoms. The molecular weight excluding hydrogens is 456 g/mol. The molecule has 3 heterocycles. The van der Waals surface area contributed by atoms with E-state index in [9.17, 15) is 9.59 Å². The molecule has 0 aliphatic heterocycles. The SMILES string of the molecule is Cc1cc(C)n(C(=O)c2c(Cl)cccc2OCc2cc(=O)n3[nH]c(-c4ccccc4)nc3n2)n1. The Kier molecular flexibility index (Phi) is 5.46. The number of nitrogens with one attached hydrogen (secondary N) is 1. The summed E-state index contributed by atoms with van der Waals surface area (Å²) in [5.41, 5.74) is 2.44. The number of carbonyl (C=O) groups excluding carboxylic acids is 1. The van der Waals surface area contributed by atoms with Crippen LogP contribution < -0.4 is 10.3 Å². The van der Waals surface area contributed by atoms with Crippen molar-refractivity contribution in [3.8, 4) is 17.1 Å². The Labute approximate surface area is 198 Å². The Morgan fingerprint density at radius 2 is 1.85 bits per heavy atom. The minimum Gasteiger partial charge on any atom is -0.486 e. The van der Waals surface area contributed by atoms with Crippen molar-refractivity contribution in [2.75, 3.05) is 0 Å². The van der Waals surface area contributed by atoms with Crippen LogP contribution in [0.5, 0.6) is 5.75 Å². The van der Waals surface area contributed by atoms with E-state index in [-0.39, 0.29) is 34.3 Å². The molecule has 9 nitrogen and oxygen atoms in total. The zero-order valence-corrected chi connectivity index (χ0v) is 19.1. The summed E-state index contributed by atoms with van der Waals surface area (Å²) in [6.45, 7) is 3.53. The number of aryl methyl sites for hydroxylation is 2. The summed E-state index contributed by atoms with van der Waals surface area (Å²) in [5.74, 6) is 0.597. The van der Waals surface area contributed by atoms with Gasteiger partial charge in [0.15, 0.2) is 5.82 Å². The van der Waals surface area contributed by atoms with Gasteiger partial charge in [0.2, 0.25) is 0 Å². The van der Waals surface area contributed by atoms with Crippen LogP contribution in [-0.2, 0) is 6.61 Å². The van der Waals surface area contributed by atoms with Gasteiger partial charge in [0.25, 0.3) is 17.2 Å². The summed E-state index contributed by atoms with van der Waals surface area (Å²) in [6.07, 6.45) is 0. The number of halogens is 1. The van der Waals surface area contributed by atoms with Gasteiger partial charge in [-0.3, -0.25) is 14.7 Å². The van der Waals surface area contributed by atoms with Gasteiger partial charge in [-0.2, -0.15) is 14.6 Å². The Bertz CT molecular complexity index is 1590. The van der Waals surface area contributed by atoms with E-state index < -0.39 is 5.91 Å². The lowest BCUT2D eigenvalue weighted by Gasteiger charge is -2.12. The van der Waals surface area contributed by atoms with Crippen molar-refractivity contribution in [1.29, 1.82) is 0 Å². The molecule has 3 aromatic heterocycles. The molecular formula is C24H19ClN6O3. The Morgan fingerprint density at radius 3 is 2.59 bits per heavy atom. The van der Waals surface area contributed by atoms with Crippen LogP contribution in [0.25, 0.3) is 17.2 Å². The molecule has 0 atom stereocenters. The van der Waals surface area contributed by atoms with Gasteiger partial charge >= 0.3 is 0 Å². The van der Waals surface area contributed by atoms with E-state index in [0.29, 0.717) is 22.9 Å². The third kappa shape index (κ3) is 3.97. The smallest absolute Gasteiger partial charge is 0.283 e. The Balaban J connectivity index is 1.45. The first-order chi connectivity index (χ1) is 16.4. The number of carbonyl (C=O) groups is 1. The number of ether oxygens (including phenoxy) is 1. The number of aromatic nitrogens is 6. The molecule has 0 bridgehead atoms. The van der Waals surface area contributed by atoms with E-state index in [4.69, 9.17) is 16.3 Å². The predicted molar refractivity (Wildman–Crippen MR) is 126 cm³/mol. The highest BCUT2D eigenvalue weighted by molar-refractivity contribution is 6.34. The third-order valence-electron chi connectivity index (χ3n) is 5.20. The maximum Gasteiger partial charge on any atom is 0.283 e. The van der Waals surface area contributed by atoms with Crippen LogP contribution in [0.1, 0.15) is 27.4 Å². The summed E-state index contributed by atoms with van der Waals surface area (Å²) < 4.78 is 8.45. The minimum absolute atomic E-state index is 0.0585. The van der Waals surface area contributed by atoms with E-state index in [0.717, 1.165) is 5.56 Å². The monoisotopic (exact) mass is 474 g/mol. The normalized spacial score (nSPS) is 11.1. The molecule has 0 unspecified atom stereocenters. The van der Waals surface area contributed by atoms with Gasteiger partial charge in [-0.25, -0.2) is 9.67 Å². The molecule has 0 saturated carbocycles. The lowest BCUT2D eigenvalue weighted by Crippen LogP contribution is -2.18. The number of aromatic amines is 1. The summed E-state index contributed by atoms with van der Waals surface area (Å²) in [7, 11) is 0. The van der Waals surface area contributed by atoms with Crippen LogP contribution >= 0.6 is 11.6 Å². The second-order valence-corrected chi connectivity index (χ2v) is 8.11. The predicted octanol–water partition coefficient (Wildman–Crippen LogP) is 3.82. The van der Waals surface area contributed by atoms with Crippen LogP contribution in [0, 0.1) is 13.8 Å². The third-order valence-corrected chi connectivity index (χ3v) is 5.51. The van der Waals surface area contributed by atoms with Gasteiger partial charge in [-0.05, 0) is 32.0 Å². The standard InChI is InChI=1S/C24H19ClN6O3/c1-14-11-15(2)30(28-14)23(33)21-18(25)9-6-10-19(21)34-13-17-12-20(32)31-24(26-17)27-22(29-31)16-7-4-3-5-8-16/h3-12H,13H2,1-2H3,(H,26,27,29). The molecule has 1 N–H and O–H groups in total. The van der Waals surface area contributed by atoms with E-state index in [1.807, 2.05) is 30.3 Å². The minimum atomic E-state index is -0.408. The Morgan fingerprint density at radius 1 is 1.06 bits per heavy atom. The van der Waals surface area contributed by atoms with E-state index in [2.05, 4.69) is 20.2 Å². The molecule has 10 heteroatoms. The quantitative estimate of drug-likeness (QED) is 0.415. The van der Waals surface area contributed by atoms with Gasteiger partial charge in [0.05, 0.1) is 16.4 Å². The molecule has 5 rings (SSSR count). The molecule has 0 amide bonds. The highest BCUT2D eigenvalue weighted by Crippen LogP contribution is 2.28. The van der Waals surface area contributed by atoms with Crippen molar-refractivity contribution in [1.82, 2.24) is 29.4 Å². The summed E-state index contributed by atoms with van der Waals surface area (Å²) in [5, 5.41) is 7.44. The first-order valence-electron chi connectivity index (χ1n) is 10.4. The molecule has 0 saturated heterocycles. The number of nitrogens with zero attached hydrogens (tertiary/aromatic N) is 5. The highest BCUT2D eigenvalue weighted by atomic mass is 35.5.